The fourth-order valence-electron chi connectivity index (χ4n) is 4.54. The molecule has 4 heterocycles. The highest BCUT2D eigenvalue weighted by atomic mass is 15.1. The largest absolute Gasteiger partial charge is 0.342 e. The number of imidazole rings is 2. The van der Waals surface area contributed by atoms with Crippen LogP contribution in [0.2, 0.25) is 0 Å². The van der Waals surface area contributed by atoms with E-state index in [2.05, 4.69) is 67.0 Å². The number of fused-ring (bicyclic) bond motifs is 2. The van der Waals surface area contributed by atoms with E-state index in [1.165, 1.54) is 11.1 Å². The zero-order valence-electron chi connectivity index (χ0n) is 18.0. The number of hydrogen-bond acceptors (Lipinski definition) is 4. The minimum Gasteiger partial charge on any atom is -0.342 e. The molecular weight excluding hydrogens is 400 g/mol. The summed E-state index contributed by atoms with van der Waals surface area (Å²) in [5.41, 5.74) is 6.60. The van der Waals surface area contributed by atoms with E-state index in [-0.39, 0.29) is 0 Å². The van der Waals surface area contributed by atoms with Gasteiger partial charge < -0.3 is 9.97 Å². The maximum Gasteiger partial charge on any atom is 0.275 e. The molecule has 0 atom stereocenters. The first kappa shape index (κ1) is 19.0. The summed E-state index contributed by atoms with van der Waals surface area (Å²) < 4.78 is 0. The molecule has 0 spiro atoms. The Morgan fingerprint density at radius 1 is 0.688 bits per heavy atom. The number of nitrogens with zero attached hydrogens (tertiary/aromatic N) is 2. The number of rotatable bonds is 7. The van der Waals surface area contributed by atoms with Crippen LogP contribution in [0, 0.1) is 0 Å². The second-order valence-corrected chi connectivity index (χ2v) is 8.50. The summed E-state index contributed by atoms with van der Waals surface area (Å²) in [6, 6.07) is 12.8. The van der Waals surface area contributed by atoms with Crippen molar-refractivity contribution in [1.82, 2.24) is 30.6 Å². The normalized spacial score (nSPS) is 15.8. The lowest BCUT2D eigenvalue weighted by molar-refractivity contribution is -0.444. The highest BCUT2D eigenvalue weighted by Crippen LogP contribution is 2.17. The monoisotopic (exact) mass is 428 g/mol. The number of aromatic amines is 2. The van der Waals surface area contributed by atoms with Crippen molar-refractivity contribution in [3.63, 3.8) is 0 Å². The third kappa shape index (κ3) is 3.72. The van der Waals surface area contributed by atoms with Gasteiger partial charge in [-0.3, -0.25) is 20.6 Å². The molecule has 0 amide bonds. The molecule has 0 aliphatic carbocycles. The van der Waals surface area contributed by atoms with Crippen molar-refractivity contribution in [2.24, 2.45) is 0 Å². The van der Waals surface area contributed by atoms with Crippen molar-refractivity contribution < 1.29 is 9.98 Å². The number of benzene rings is 2. The quantitative estimate of drug-likeness (QED) is 0.209. The second kappa shape index (κ2) is 8.11. The third-order valence-electron chi connectivity index (χ3n) is 6.17. The third-order valence-corrected chi connectivity index (χ3v) is 6.17. The molecule has 4 aromatic rings. The number of hydrogen-bond donors (Lipinski definition) is 6. The molecule has 0 saturated carbocycles. The Hall–Kier alpha value is -3.68. The van der Waals surface area contributed by atoms with Gasteiger partial charge in [-0.05, 0) is 49.2 Å². The highest BCUT2D eigenvalue weighted by Gasteiger charge is 2.17. The molecule has 162 valence electrons. The molecule has 32 heavy (non-hydrogen) atoms. The Bertz CT molecular complexity index is 1240. The van der Waals surface area contributed by atoms with E-state index in [4.69, 9.17) is 9.97 Å². The van der Waals surface area contributed by atoms with Crippen molar-refractivity contribution >= 4 is 33.7 Å². The van der Waals surface area contributed by atoms with E-state index in [0.29, 0.717) is 0 Å². The summed E-state index contributed by atoms with van der Waals surface area (Å²) in [6.07, 6.45) is 4.02. The van der Waals surface area contributed by atoms with Gasteiger partial charge in [-0.1, -0.05) is 0 Å². The Morgan fingerprint density at radius 3 is 1.62 bits per heavy atom. The molecule has 2 aromatic heterocycles. The number of unbranched alkanes of at least 4 members (excludes halogenated alkanes) is 1. The van der Waals surface area contributed by atoms with E-state index in [9.17, 15) is 0 Å². The van der Waals surface area contributed by atoms with Crippen LogP contribution in [0.25, 0.3) is 22.1 Å². The topological polar surface area (TPSA) is 109 Å². The van der Waals surface area contributed by atoms with Gasteiger partial charge in [-0.2, -0.15) is 0 Å². The van der Waals surface area contributed by atoms with Gasteiger partial charge in [-0.15, -0.1) is 0 Å². The molecule has 0 fully saturated rings. The standard InChI is InChI=1S/C24H26N8/c1(3-21-29-17-7-5-15(13-19(17)31-21)23-25-9-10-26-23)2-4-22-30-18-8-6-16(14-20(18)32-22)24-27-11-12-28-24/h5-8,13-14H,1-4,9-12H2,(H,25,26)(H,27,28)(H,29,31)(H,30,32)/p+2. The van der Waals surface area contributed by atoms with E-state index in [1.807, 2.05) is 0 Å². The molecule has 0 bridgehead atoms. The lowest BCUT2D eigenvalue weighted by Crippen LogP contribution is -2.70. The first-order valence-electron chi connectivity index (χ1n) is 11.5. The van der Waals surface area contributed by atoms with Crippen molar-refractivity contribution in [2.75, 3.05) is 26.2 Å². The average Bonchev–Trinajstić information content (AvgIpc) is 3.61. The molecule has 0 unspecified atom stereocenters. The molecule has 6 rings (SSSR count). The first-order chi connectivity index (χ1) is 15.8. The van der Waals surface area contributed by atoms with Gasteiger partial charge >= 0.3 is 0 Å². The number of H-pyrrole nitrogens is 2. The van der Waals surface area contributed by atoms with Crippen molar-refractivity contribution in [3.05, 3.63) is 59.2 Å². The number of aryl methyl sites for hydroxylation is 2. The van der Waals surface area contributed by atoms with Gasteiger partial charge in [-0.25, -0.2) is 9.97 Å². The second-order valence-electron chi connectivity index (χ2n) is 8.50. The zero-order chi connectivity index (χ0) is 21.3. The van der Waals surface area contributed by atoms with Gasteiger partial charge in [0.2, 0.25) is 0 Å². The summed E-state index contributed by atoms with van der Waals surface area (Å²) in [4.78, 5) is 23.3. The van der Waals surface area contributed by atoms with Crippen LogP contribution in [0.1, 0.15) is 35.6 Å². The lowest BCUT2D eigenvalue weighted by Gasteiger charge is -1.97. The summed E-state index contributed by atoms with van der Waals surface area (Å²) in [5, 5.41) is 6.77. The van der Waals surface area contributed by atoms with Crippen LogP contribution in [0.4, 0.5) is 0 Å². The van der Waals surface area contributed by atoms with Gasteiger partial charge in [0.25, 0.3) is 11.7 Å². The van der Waals surface area contributed by atoms with Crippen LogP contribution in [0.15, 0.2) is 36.4 Å². The Kier molecular flexibility index (Phi) is 4.82. The molecular formula is C24H28N8+2. The molecule has 2 aliphatic heterocycles. The van der Waals surface area contributed by atoms with Crippen LogP contribution in [-0.4, -0.2) is 57.8 Å². The molecule has 2 aromatic carbocycles. The predicted molar refractivity (Wildman–Crippen MR) is 125 cm³/mol. The molecule has 0 radical (unpaired) electrons. The minimum absolute atomic E-state index is 0.942. The Balaban J connectivity index is 1.07. The summed E-state index contributed by atoms with van der Waals surface area (Å²) in [5.74, 6) is 4.32. The fourth-order valence-corrected chi connectivity index (χ4v) is 4.54. The van der Waals surface area contributed by atoms with E-state index in [0.717, 1.165) is 97.2 Å². The minimum atomic E-state index is 0.942. The van der Waals surface area contributed by atoms with Crippen LogP contribution < -0.4 is 20.6 Å². The van der Waals surface area contributed by atoms with Crippen LogP contribution >= 0.6 is 0 Å². The van der Waals surface area contributed by atoms with Crippen molar-refractivity contribution in [3.8, 4) is 0 Å². The Labute approximate surface area is 185 Å². The SMILES string of the molecule is c1cc2nc(CCCCc3nc4ccc(C5=[NH+]CCN5)cc4[nH]3)[nH]c2cc1C1=[NH+]CCN1. The number of nitrogens with one attached hydrogen (secondary N) is 6. The zero-order valence-corrected chi connectivity index (χ0v) is 18.0. The summed E-state index contributed by atoms with van der Waals surface area (Å²) in [6.45, 7) is 3.90. The van der Waals surface area contributed by atoms with Crippen LogP contribution in [-0.2, 0) is 12.8 Å². The van der Waals surface area contributed by atoms with Crippen LogP contribution in [0.3, 0.4) is 0 Å². The first-order valence-corrected chi connectivity index (χ1v) is 11.5. The lowest BCUT2D eigenvalue weighted by atomic mass is 10.2. The molecule has 0 saturated heterocycles. The van der Waals surface area contributed by atoms with Crippen LogP contribution in [0.5, 0.6) is 0 Å². The van der Waals surface area contributed by atoms with E-state index in [1.54, 1.807) is 0 Å². The highest BCUT2D eigenvalue weighted by molar-refractivity contribution is 5.98. The summed E-state index contributed by atoms with van der Waals surface area (Å²) in [7, 11) is 0. The van der Waals surface area contributed by atoms with Gasteiger partial charge in [0.1, 0.15) is 37.8 Å². The maximum atomic E-state index is 4.76. The van der Waals surface area contributed by atoms with Crippen molar-refractivity contribution in [2.45, 2.75) is 25.7 Å². The Morgan fingerprint density at radius 2 is 1.19 bits per heavy atom. The maximum absolute atomic E-state index is 4.76. The van der Waals surface area contributed by atoms with E-state index >= 15 is 0 Å². The summed E-state index contributed by atoms with van der Waals surface area (Å²) >= 11 is 0. The molecule has 8 heteroatoms. The predicted octanol–water partition coefficient (Wildman–Crippen LogP) is -1.13. The fraction of sp³-hybridized carbons (Fsp3) is 0.333. The van der Waals surface area contributed by atoms with Gasteiger partial charge in [0, 0.05) is 12.8 Å². The van der Waals surface area contributed by atoms with Crippen molar-refractivity contribution in [1.29, 1.82) is 0 Å². The average molecular weight is 429 g/mol. The number of amidine groups is 2. The molecule has 8 nitrogen and oxygen atoms in total. The molecule has 2 aliphatic rings. The van der Waals surface area contributed by atoms with Gasteiger partial charge in [0.15, 0.2) is 0 Å². The van der Waals surface area contributed by atoms with E-state index < -0.39 is 0 Å². The number of aromatic nitrogens is 4. The smallest absolute Gasteiger partial charge is 0.275 e. The van der Waals surface area contributed by atoms with Gasteiger partial charge in [0.05, 0.1) is 33.2 Å². The molecule has 6 N–H and O–H groups in total.